The van der Waals surface area contributed by atoms with Gasteiger partial charge in [-0.25, -0.2) is 4.98 Å². The summed E-state index contributed by atoms with van der Waals surface area (Å²) in [5.41, 5.74) is 2.28. The monoisotopic (exact) mass is 393 g/mol. The molecule has 1 aromatic carbocycles. The summed E-state index contributed by atoms with van der Waals surface area (Å²) in [6.45, 7) is 4.86. The molecule has 7 heteroatoms. The second kappa shape index (κ2) is 10.0. The van der Waals surface area contributed by atoms with Gasteiger partial charge in [-0.3, -0.25) is 9.69 Å². The minimum absolute atomic E-state index is 0.0730. The van der Waals surface area contributed by atoms with Gasteiger partial charge in [0.25, 0.3) is 0 Å². The first-order valence-electron chi connectivity index (χ1n) is 8.93. The van der Waals surface area contributed by atoms with E-state index in [0.717, 1.165) is 61.4 Å². The van der Waals surface area contributed by atoms with Crippen molar-refractivity contribution in [3.8, 4) is 0 Å². The first kappa shape index (κ1) is 19.3. The molecule has 2 heterocycles. The molecule has 0 unspecified atom stereocenters. The van der Waals surface area contributed by atoms with Crippen LogP contribution in [0, 0.1) is 0 Å². The number of thiazole rings is 1. The van der Waals surface area contributed by atoms with Crippen LogP contribution in [0.5, 0.6) is 0 Å². The van der Waals surface area contributed by atoms with Crippen LogP contribution in [0.25, 0.3) is 0 Å². The van der Waals surface area contributed by atoms with Crippen LogP contribution < -0.4 is 5.32 Å². The first-order valence-corrected chi connectivity index (χ1v) is 10.2. The smallest absolute Gasteiger partial charge is 0.220 e. The molecule has 0 saturated carbocycles. The molecule has 1 amide bonds. The molecule has 0 atom stereocenters. The maximum Gasteiger partial charge on any atom is 0.220 e. The number of nitrogens with one attached hydrogen (secondary N) is 1. The first-order chi connectivity index (χ1) is 12.7. The number of halogens is 1. The number of aryl methyl sites for hydroxylation is 1. The maximum absolute atomic E-state index is 12.0. The molecule has 0 bridgehead atoms. The van der Waals surface area contributed by atoms with Crippen LogP contribution in [0.4, 0.5) is 0 Å². The summed E-state index contributed by atoms with van der Waals surface area (Å²) < 4.78 is 5.36. The molecule has 0 aliphatic carbocycles. The lowest BCUT2D eigenvalue weighted by atomic mass is 10.1. The number of ether oxygens (including phenoxy) is 1. The highest BCUT2D eigenvalue weighted by Crippen LogP contribution is 2.14. The Morgan fingerprint density at radius 3 is 2.81 bits per heavy atom. The Morgan fingerprint density at radius 1 is 1.27 bits per heavy atom. The van der Waals surface area contributed by atoms with Crippen molar-refractivity contribution in [3.63, 3.8) is 0 Å². The van der Waals surface area contributed by atoms with Crippen LogP contribution in [-0.4, -0.2) is 42.1 Å². The second-order valence-corrected chi connectivity index (χ2v) is 7.76. The van der Waals surface area contributed by atoms with Gasteiger partial charge in [-0.15, -0.1) is 11.3 Å². The van der Waals surface area contributed by atoms with Crippen molar-refractivity contribution in [1.29, 1.82) is 0 Å². The number of nitrogens with zero attached hydrogens (tertiary/aromatic N) is 2. The van der Waals surface area contributed by atoms with Gasteiger partial charge in [-0.05, 0) is 30.5 Å². The van der Waals surface area contributed by atoms with Crippen LogP contribution in [0.3, 0.4) is 0 Å². The van der Waals surface area contributed by atoms with Crippen molar-refractivity contribution < 1.29 is 9.53 Å². The number of rotatable bonds is 8. The van der Waals surface area contributed by atoms with Gasteiger partial charge in [0.15, 0.2) is 0 Å². The predicted octanol–water partition coefficient (Wildman–Crippen LogP) is 3.27. The summed E-state index contributed by atoms with van der Waals surface area (Å²) in [5.74, 6) is 0.0730. The zero-order valence-electron chi connectivity index (χ0n) is 14.7. The number of hydrogen-bond acceptors (Lipinski definition) is 5. The Morgan fingerprint density at radius 2 is 2.04 bits per heavy atom. The van der Waals surface area contributed by atoms with Gasteiger partial charge in [0.05, 0.1) is 25.5 Å². The highest BCUT2D eigenvalue weighted by molar-refractivity contribution is 7.09. The number of carbonyl (C=O) groups excluding carboxylic acids is 1. The Kier molecular flexibility index (Phi) is 7.43. The average Bonchev–Trinajstić information content (AvgIpc) is 3.10. The SMILES string of the molecule is O=C(CCCc1ccc(Cl)cc1)NCc1nc(CN2CCOCC2)cs1. The third kappa shape index (κ3) is 6.36. The van der Waals surface area contributed by atoms with Crippen LogP contribution in [0.1, 0.15) is 29.1 Å². The van der Waals surface area contributed by atoms with Crippen LogP contribution in [-0.2, 0) is 29.0 Å². The fourth-order valence-corrected chi connectivity index (χ4v) is 3.71. The maximum atomic E-state index is 12.0. The summed E-state index contributed by atoms with van der Waals surface area (Å²) in [6, 6.07) is 7.78. The zero-order valence-corrected chi connectivity index (χ0v) is 16.3. The average molecular weight is 394 g/mol. The third-order valence-corrected chi connectivity index (χ3v) is 5.46. The Bertz CT molecular complexity index is 699. The lowest BCUT2D eigenvalue weighted by Gasteiger charge is -2.25. The molecule has 5 nitrogen and oxygen atoms in total. The minimum Gasteiger partial charge on any atom is -0.379 e. The molecule has 1 N–H and O–H groups in total. The van der Waals surface area contributed by atoms with E-state index in [0.29, 0.717) is 13.0 Å². The summed E-state index contributed by atoms with van der Waals surface area (Å²) in [7, 11) is 0. The molecule has 0 spiro atoms. The fourth-order valence-electron chi connectivity index (χ4n) is 2.86. The molecular formula is C19H24ClN3O2S. The summed E-state index contributed by atoms with van der Waals surface area (Å²) >= 11 is 7.48. The Hall–Kier alpha value is -1.47. The second-order valence-electron chi connectivity index (χ2n) is 6.38. The van der Waals surface area contributed by atoms with Crippen molar-refractivity contribution in [3.05, 3.63) is 50.9 Å². The van der Waals surface area contributed by atoms with Gasteiger partial charge >= 0.3 is 0 Å². The third-order valence-electron chi connectivity index (χ3n) is 4.31. The molecule has 3 rings (SSSR count). The lowest BCUT2D eigenvalue weighted by Crippen LogP contribution is -2.35. The van der Waals surface area contributed by atoms with Crippen molar-refractivity contribution in [2.75, 3.05) is 26.3 Å². The van der Waals surface area contributed by atoms with Crippen molar-refractivity contribution in [2.45, 2.75) is 32.4 Å². The topological polar surface area (TPSA) is 54.5 Å². The normalized spacial score (nSPS) is 15.1. The van der Waals surface area contributed by atoms with E-state index in [-0.39, 0.29) is 5.91 Å². The van der Waals surface area contributed by atoms with Crippen molar-refractivity contribution in [2.24, 2.45) is 0 Å². The largest absolute Gasteiger partial charge is 0.379 e. The molecular weight excluding hydrogens is 370 g/mol. The molecule has 1 saturated heterocycles. The zero-order chi connectivity index (χ0) is 18.2. The van der Waals surface area contributed by atoms with Crippen molar-refractivity contribution in [1.82, 2.24) is 15.2 Å². The highest BCUT2D eigenvalue weighted by Gasteiger charge is 2.13. The van der Waals surface area contributed by atoms with Gasteiger partial charge in [0, 0.05) is 36.5 Å². The van der Waals surface area contributed by atoms with Crippen LogP contribution in [0.15, 0.2) is 29.6 Å². The number of morpholine rings is 1. The summed E-state index contributed by atoms with van der Waals surface area (Å²) in [4.78, 5) is 19.0. The molecule has 1 aromatic heterocycles. The van der Waals surface area contributed by atoms with E-state index in [2.05, 4.69) is 20.6 Å². The quantitative estimate of drug-likeness (QED) is 0.747. The van der Waals surface area contributed by atoms with E-state index < -0.39 is 0 Å². The minimum atomic E-state index is 0.0730. The van der Waals surface area contributed by atoms with E-state index in [9.17, 15) is 4.79 Å². The number of carbonyl (C=O) groups is 1. The van der Waals surface area contributed by atoms with Crippen LogP contribution in [0.2, 0.25) is 5.02 Å². The van der Waals surface area contributed by atoms with Crippen molar-refractivity contribution >= 4 is 28.8 Å². The summed E-state index contributed by atoms with van der Waals surface area (Å²) in [5, 5.41) is 6.74. The highest BCUT2D eigenvalue weighted by atomic mass is 35.5. The summed E-state index contributed by atoms with van der Waals surface area (Å²) in [6.07, 6.45) is 2.23. The fraction of sp³-hybridized carbons (Fsp3) is 0.474. The molecule has 1 aliphatic rings. The number of amides is 1. The molecule has 1 aliphatic heterocycles. The van der Waals surface area contributed by atoms with Gasteiger partial charge in [0.1, 0.15) is 5.01 Å². The number of benzene rings is 1. The number of aromatic nitrogens is 1. The molecule has 2 aromatic rings. The van der Waals surface area contributed by atoms with Gasteiger partial charge in [0.2, 0.25) is 5.91 Å². The van der Waals surface area contributed by atoms with Crippen LogP contribution >= 0.6 is 22.9 Å². The van der Waals surface area contributed by atoms with E-state index in [1.807, 2.05) is 24.3 Å². The standard InChI is InChI=1S/C19H24ClN3O2S/c20-16-6-4-15(5-7-16)2-1-3-18(24)21-12-19-22-17(14-26-19)13-23-8-10-25-11-9-23/h4-7,14H,1-3,8-13H2,(H,21,24). The van der Waals surface area contributed by atoms with Gasteiger partial charge < -0.3 is 10.1 Å². The van der Waals surface area contributed by atoms with Gasteiger partial charge in [-0.1, -0.05) is 23.7 Å². The number of hydrogen-bond donors (Lipinski definition) is 1. The Labute approximate surface area is 163 Å². The molecule has 140 valence electrons. The van der Waals surface area contributed by atoms with Gasteiger partial charge in [-0.2, -0.15) is 0 Å². The Balaban J connectivity index is 1.34. The van der Waals surface area contributed by atoms with E-state index >= 15 is 0 Å². The van der Waals surface area contributed by atoms with E-state index in [1.54, 1.807) is 11.3 Å². The van der Waals surface area contributed by atoms with E-state index in [1.165, 1.54) is 5.56 Å². The molecule has 1 fully saturated rings. The predicted molar refractivity (Wildman–Crippen MR) is 104 cm³/mol. The lowest BCUT2D eigenvalue weighted by molar-refractivity contribution is -0.121. The molecule has 26 heavy (non-hydrogen) atoms. The van der Waals surface area contributed by atoms with E-state index in [4.69, 9.17) is 16.3 Å². The molecule has 0 radical (unpaired) electrons.